The first-order valence-electron chi connectivity index (χ1n) is 10.2. The molecule has 0 aromatic heterocycles. The highest BCUT2D eigenvalue weighted by Crippen LogP contribution is 2.39. The van der Waals surface area contributed by atoms with E-state index in [0.717, 1.165) is 12.0 Å². The molecule has 1 aliphatic heterocycles. The number of rotatable bonds is 8. The number of likely N-dealkylation sites (N-methyl/N-ethyl adjacent to an activating group) is 1. The van der Waals surface area contributed by atoms with Gasteiger partial charge >= 0.3 is 0 Å². The van der Waals surface area contributed by atoms with Crippen LogP contribution < -0.4 is 4.74 Å². The number of halogens is 1. The zero-order valence-corrected chi connectivity index (χ0v) is 18.7. The Labute approximate surface area is 187 Å². The van der Waals surface area contributed by atoms with Crippen LogP contribution in [-0.2, 0) is 9.59 Å². The summed E-state index contributed by atoms with van der Waals surface area (Å²) in [6.45, 7) is 3.57. The number of carbonyl (C=O) groups excluding carboxylic acids is 2. The highest BCUT2D eigenvalue weighted by atomic mass is 35.5. The van der Waals surface area contributed by atoms with Crippen molar-refractivity contribution in [3.63, 3.8) is 0 Å². The fourth-order valence-electron chi connectivity index (χ4n) is 3.52. The molecule has 0 radical (unpaired) electrons. The fourth-order valence-corrected chi connectivity index (χ4v) is 3.71. The number of aliphatic hydroxyl groups excluding tert-OH is 1. The SMILES string of the molecule is CCCOc1ccc(C2/C(=C(/O)c3cccc(Cl)c3)C(=O)C(=O)N2CCN(C)C)cc1. The molecule has 3 rings (SSSR count). The van der Waals surface area contributed by atoms with Gasteiger partial charge in [-0.05, 0) is 50.3 Å². The highest BCUT2D eigenvalue weighted by Gasteiger charge is 2.45. The van der Waals surface area contributed by atoms with Crippen molar-refractivity contribution in [1.29, 1.82) is 0 Å². The van der Waals surface area contributed by atoms with Crippen molar-refractivity contribution < 1.29 is 19.4 Å². The third kappa shape index (κ3) is 5.09. The van der Waals surface area contributed by atoms with E-state index in [-0.39, 0.29) is 11.3 Å². The van der Waals surface area contributed by atoms with Crippen LogP contribution in [0.5, 0.6) is 5.75 Å². The van der Waals surface area contributed by atoms with E-state index in [4.69, 9.17) is 16.3 Å². The largest absolute Gasteiger partial charge is 0.507 e. The van der Waals surface area contributed by atoms with E-state index in [0.29, 0.717) is 36.0 Å². The van der Waals surface area contributed by atoms with Crippen molar-refractivity contribution in [2.24, 2.45) is 0 Å². The summed E-state index contributed by atoms with van der Waals surface area (Å²) >= 11 is 6.07. The van der Waals surface area contributed by atoms with Crippen molar-refractivity contribution in [3.8, 4) is 5.75 Å². The molecule has 7 heteroatoms. The van der Waals surface area contributed by atoms with Crippen molar-refractivity contribution >= 4 is 29.1 Å². The van der Waals surface area contributed by atoms with Crippen LogP contribution >= 0.6 is 11.6 Å². The smallest absolute Gasteiger partial charge is 0.295 e. The lowest BCUT2D eigenvalue weighted by Crippen LogP contribution is -2.35. The second-order valence-electron chi connectivity index (χ2n) is 7.72. The zero-order valence-electron chi connectivity index (χ0n) is 18.0. The Hall–Kier alpha value is -2.83. The maximum atomic E-state index is 13.0. The molecule has 1 aliphatic rings. The molecule has 1 fully saturated rings. The van der Waals surface area contributed by atoms with Crippen molar-refractivity contribution in [2.45, 2.75) is 19.4 Å². The predicted octanol–water partition coefficient (Wildman–Crippen LogP) is 4.11. The zero-order chi connectivity index (χ0) is 22.5. The lowest BCUT2D eigenvalue weighted by molar-refractivity contribution is -0.140. The average molecular weight is 443 g/mol. The monoisotopic (exact) mass is 442 g/mol. The van der Waals surface area contributed by atoms with E-state index < -0.39 is 17.7 Å². The molecule has 2 aromatic carbocycles. The Morgan fingerprint density at radius 2 is 1.87 bits per heavy atom. The molecule has 2 aromatic rings. The second-order valence-corrected chi connectivity index (χ2v) is 8.16. The van der Waals surface area contributed by atoms with E-state index in [1.165, 1.54) is 4.90 Å². The van der Waals surface area contributed by atoms with Crippen LogP contribution in [0.15, 0.2) is 54.1 Å². The summed E-state index contributed by atoms with van der Waals surface area (Å²) in [5.74, 6) is -0.843. The summed E-state index contributed by atoms with van der Waals surface area (Å²) in [6.07, 6.45) is 0.895. The van der Waals surface area contributed by atoms with E-state index in [1.54, 1.807) is 24.3 Å². The average Bonchev–Trinajstić information content (AvgIpc) is 3.00. The molecule has 0 bridgehead atoms. The van der Waals surface area contributed by atoms with E-state index in [1.807, 2.05) is 50.2 Å². The van der Waals surface area contributed by atoms with Gasteiger partial charge < -0.3 is 19.6 Å². The van der Waals surface area contributed by atoms with Crippen LogP contribution in [0.4, 0.5) is 0 Å². The van der Waals surface area contributed by atoms with Gasteiger partial charge in [0.25, 0.3) is 11.7 Å². The third-order valence-electron chi connectivity index (χ3n) is 5.09. The van der Waals surface area contributed by atoms with Gasteiger partial charge in [-0.3, -0.25) is 9.59 Å². The van der Waals surface area contributed by atoms with E-state index >= 15 is 0 Å². The topological polar surface area (TPSA) is 70.1 Å². The number of carbonyl (C=O) groups is 2. The Morgan fingerprint density at radius 1 is 1.16 bits per heavy atom. The van der Waals surface area contributed by atoms with Crippen LogP contribution in [-0.4, -0.2) is 60.4 Å². The van der Waals surface area contributed by atoms with Crippen LogP contribution in [0, 0.1) is 0 Å². The first-order valence-corrected chi connectivity index (χ1v) is 10.6. The van der Waals surface area contributed by atoms with Gasteiger partial charge in [0.1, 0.15) is 11.5 Å². The minimum absolute atomic E-state index is 0.0632. The van der Waals surface area contributed by atoms with Gasteiger partial charge in [0, 0.05) is 23.7 Å². The molecule has 0 saturated carbocycles. The number of amides is 1. The molecule has 1 heterocycles. The Bertz CT molecular complexity index is 985. The summed E-state index contributed by atoms with van der Waals surface area (Å²) < 4.78 is 5.65. The number of nitrogens with zero attached hydrogens (tertiary/aromatic N) is 2. The quantitative estimate of drug-likeness (QED) is 0.378. The first-order chi connectivity index (χ1) is 14.8. The minimum atomic E-state index is -0.701. The lowest BCUT2D eigenvalue weighted by Gasteiger charge is -2.26. The van der Waals surface area contributed by atoms with E-state index in [9.17, 15) is 14.7 Å². The van der Waals surface area contributed by atoms with Gasteiger partial charge in [0.05, 0.1) is 18.2 Å². The molecule has 1 unspecified atom stereocenters. The summed E-state index contributed by atoms with van der Waals surface area (Å²) in [7, 11) is 3.80. The standard InChI is InChI=1S/C24H27ClN2O4/c1-4-14-31-19-10-8-16(9-11-19)21-20(22(28)17-6-5-7-18(25)15-17)23(29)24(30)27(21)13-12-26(2)3/h5-11,15,21,28H,4,12-14H2,1-3H3/b22-20-. The van der Waals surface area contributed by atoms with Gasteiger partial charge in [0.15, 0.2) is 0 Å². The molecule has 1 saturated heterocycles. The Morgan fingerprint density at radius 3 is 2.48 bits per heavy atom. The molecule has 6 nitrogen and oxygen atoms in total. The number of Topliss-reactive ketones (excluding diaryl/α,β-unsaturated/α-hetero) is 1. The number of benzene rings is 2. The maximum absolute atomic E-state index is 13.0. The molecule has 0 spiro atoms. The van der Waals surface area contributed by atoms with Crippen molar-refractivity contribution in [1.82, 2.24) is 9.80 Å². The van der Waals surface area contributed by atoms with Gasteiger partial charge in [-0.25, -0.2) is 0 Å². The molecular formula is C24H27ClN2O4. The maximum Gasteiger partial charge on any atom is 0.295 e. The van der Waals surface area contributed by atoms with Crippen LogP contribution in [0.1, 0.15) is 30.5 Å². The summed E-state index contributed by atoms with van der Waals surface area (Å²) in [4.78, 5) is 29.3. The molecule has 31 heavy (non-hydrogen) atoms. The van der Waals surface area contributed by atoms with Gasteiger partial charge in [-0.15, -0.1) is 0 Å². The fraction of sp³-hybridized carbons (Fsp3) is 0.333. The number of ketones is 1. The van der Waals surface area contributed by atoms with Gasteiger partial charge in [-0.1, -0.05) is 42.8 Å². The molecule has 1 N–H and O–H groups in total. The van der Waals surface area contributed by atoms with Crippen LogP contribution in [0.25, 0.3) is 5.76 Å². The van der Waals surface area contributed by atoms with Crippen molar-refractivity contribution in [3.05, 3.63) is 70.3 Å². The molecule has 1 atom stereocenters. The lowest BCUT2D eigenvalue weighted by atomic mass is 9.95. The minimum Gasteiger partial charge on any atom is -0.507 e. The number of ether oxygens (including phenoxy) is 1. The number of aliphatic hydroxyl groups is 1. The Balaban J connectivity index is 2.07. The van der Waals surface area contributed by atoms with Gasteiger partial charge in [0.2, 0.25) is 0 Å². The van der Waals surface area contributed by atoms with Crippen LogP contribution in [0.2, 0.25) is 5.02 Å². The molecule has 0 aliphatic carbocycles. The molecule has 164 valence electrons. The van der Waals surface area contributed by atoms with Gasteiger partial charge in [-0.2, -0.15) is 0 Å². The predicted molar refractivity (Wildman–Crippen MR) is 121 cm³/mol. The van der Waals surface area contributed by atoms with Crippen molar-refractivity contribution in [2.75, 3.05) is 33.8 Å². The van der Waals surface area contributed by atoms with Crippen LogP contribution in [0.3, 0.4) is 0 Å². The number of likely N-dealkylation sites (tertiary alicyclic amines) is 1. The summed E-state index contributed by atoms with van der Waals surface area (Å²) in [5, 5.41) is 11.4. The third-order valence-corrected chi connectivity index (χ3v) is 5.33. The number of hydrogen-bond donors (Lipinski definition) is 1. The Kier molecular flexibility index (Phi) is 7.36. The van der Waals surface area contributed by atoms with E-state index in [2.05, 4.69) is 0 Å². The first kappa shape index (κ1) is 22.8. The highest BCUT2D eigenvalue weighted by molar-refractivity contribution is 6.46. The summed E-state index contributed by atoms with van der Waals surface area (Å²) in [5.41, 5.74) is 1.18. The molecular weight excluding hydrogens is 416 g/mol. The molecule has 1 amide bonds. The normalized spacial score (nSPS) is 18.1. The number of hydrogen-bond acceptors (Lipinski definition) is 5. The summed E-state index contributed by atoms with van der Waals surface area (Å²) in [6, 6.07) is 13.2. The second kappa shape index (κ2) is 9.98.